The van der Waals surface area contributed by atoms with Gasteiger partial charge in [0.25, 0.3) is 0 Å². The molecule has 6 heteroatoms. The van der Waals surface area contributed by atoms with E-state index < -0.39 is 0 Å². The van der Waals surface area contributed by atoms with Gasteiger partial charge in [0.2, 0.25) is 0 Å². The van der Waals surface area contributed by atoms with Gasteiger partial charge in [-0.3, -0.25) is 0 Å². The molecule has 2 heterocycles. The van der Waals surface area contributed by atoms with Crippen LogP contribution in [0.25, 0.3) is 0 Å². The summed E-state index contributed by atoms with van der Waals surface area (Å²) in [5.41, 5.74) is 1.70. The molecule has 0 bridgehead atoms. The molecule has 23 heavy (non-hydrogen) atoms. The first-order valence-corrected chi connectivity index (χ1v) is 7.55. The molecule has 0 aliphatic carbocycles. The predicted octanol–water partition coefficient (Wildman–Crippen LogP) is 2.51. The Balaban J connectivity index is 1.81. The van der Waals surface area contributed by atoms with Gasteiger partial charge in [-0.2, -0.15) is 5.26 Å². The van der Waals surface area contributed by atoms with Crippen molar-refractivity contribution in [2.45, 2.75) is 19.4 Å². The van der Waals surface area contributed by atoms with Crippen LogP contribution in [0.15, 0.2) is 30.6 Å². The highest BCUT2D eigenvalue weighted by Crippen LogP contribution is 2.29. The molecule has 1 aromatic heterocycles. The number of hydrogen-bond donors (Lipinski definition) is 0. The Morgan fingerprint density at radius 3 is 2.96 bits per heavy atom. The van der Waals surface area contributed by atoms with Gasteiger partial charge in [-0.05, 0) is 25.5 Å². The van der Waals surface area contributed by atoms with Crippen LogP contribution in [0.1, 0.15) is 17.7 Å². The Bertz CT molecular complexity index is 755. The smallest absolute Gasteiger partial charge is 0.147 e. The highest BCUT2D eigenvalue weighted by Gasteiger charge is 2.29. The second kappa shape index (κ2) is 6.21. The molecule has 1 saturated heterocycles. The van der Waals surface area contributed by atoms with E-state index in [0.717, 1.165) is 17.9 Å². The maximum Gasteiger partial charge on any atom is 0.147 e. The number of nitrogens with zero attached hydrogens (tertiary/aromatic N) is 5. The van der Waals surface area contributed by atoms with Gasteiger partial charge in [0.05, 0.1) is 11.3 Å². The Kier molecular flexibility index (Phi) is 4.11. The minimum absolute atomic E-state index is 0.218. The number of rotatable bonds is 3. The van der Waals surface area contributed by atoms with Crippen LogP contribution in [-0.4, -0.2) is 36.1 Å². The number of anilines is 2. The summed E-state index contributed by atoms with van der Waals surface area (Å²) in [5, 5.41) is 9.22. The standard InChI is InChI=1S/C17H18FN5/c1-12-8-16(21-11-20-12)22(2)14-6-7-23(10-14)17-13(9-19)4-3-5-15(17)18/h3-5,8,11,14H,6-7,10H2,1-2H3. The van der Waals surface area contributed by atoms with E-state index in [4.69, 9.17) is 0 Å². The molecule has 1 aromatic carbocycles. The fourth-order valence-corrected chi connectivity index (χ4v) is 3.01. The average Bonchev–Trinajstić information content (AvgIpc) is 3.03. The molecular formula is C17H18FN5. The molecule has 0 spiro atoms. The summed E-state index contributed by atoms with van der Waals surface area (Å²) in [5.74, 6) is 0.517. The quantitative estimate of drug-likeness (QED) is 0.872. The molecule has 5 nitrogen and oxygen atoms in total. The molecule has 1 atom stereocenters. The molecule has 1 aliphatic heterocycles. The molecule has 118 valence electrons. The van der Waals surface area contributed by atoms with E-state index in [1.165, 1.54) is 6.07 Å². The lowest BCUT2D eigenvalue weighted by Gasteiger charge is -2.26. The molecule has 1 unspecified atom stereocenters. The van der Waals surface area contributed by atoms with Crippen molar-refractivity contribution in [2.75, 3.05) is 29.9 Å². The Hall–Kier alpha value is -2.68. The normalized spacial score (nSPS) is 17.1. The summed E-state index contributed by atoms with van der Waals surface area (Å²) >= 11 is 0. The number of likely N-dealkylation sites (N-methyl/N-ethyl adjacent to an activating group) is 1. The fraction of sp³-hybridized carbons (Fsp3) is 0.353. The van der Waals surface area contributed by atoms with Gasteiger partial charge >= 0.3 is 0 Å². The Morgan fingerprint density at radius 2 is 2.22 bits per heavy atom. The van der Waals surface area contributed by atoms with Gasteiger partial charge in [-0.1, -0.05) is 6.07 Å². The first-order valence-electron chi connectivity index (χ1n) is 7.55. The van der Waals surface area contributed by atoms with E-state index in [1.54, 1.807) is 18.5 Å². The lowest BCUT2D eigenvalue weighted by molar-refractivity contribution is 0.621. The van der Waals surface area contributed by atoms with Crippen molar-refractivity contribution in [3.05, 3.63) is 47.7 Å². The number of aromatic nitrogens is 2. The highest BCUT2D eigenvalue weighted by molar-refractivity contribution is 5.61. The zero-order chi connectivity index (χ0) is 16.4. The van der Waals surface area contributed by atoms with Crippen LogP contribution in [-0.2, 0) is 0 Å². The first kappa shape index (κ1) is 15.2. The van der Waals surface area contributed by atoms with E-state index in [2.05, 4.69) is 20.9 Å². The second-order valence-corrected chi connectivity index (χ2v) is 5.76. The summed E-state index contributed by atoms with van der Waals surface area (Å²) in [4.78, 5) is 12.5. The van der Waals surface area contributed by atoms with Crippen molar-refractivity contribution in [1.29, 1.82) is 5.26 Å². The molecule has 0 N–H and O–H groups in total. The monoisotopic (exact) mass is 311 g/mol. The molecule has 0 saturated carbocycles. The zero-order valence-corrected chi connectivity index (χ0v) is 13.2. The van der Waals surface area contributed by atoms with E-state index in [-0.39, 0.29) is 11.9 Å². The first-order chi connectivity index (χ1) is 11.1. The molecule has 1 aliphatic rings. The van der Waals surface area contributed by atoms with Crippen LogP contribution in [0, 0.1) is 24.1 Å². The second-order valence-electron chi connectivity index (χ2n) is 5.76. The zero-order valence-electron chi connectivity index (χ0n) is 13.2. The third-order valence-corrected chi connectivity index (χ3v) is 4.29. The van der Waals surface area contributed by atoms with Crippen molar-refractivity contribution in [2.24, 2.45) is 0 Å². The molecule has 2 aromatic rings. The van der Waals surface area contributed by atoms with E-state index in [0.29, 0.717) is 24.3 Å². The SMILES string of the molecule is Cc1cc(N(C)C2CCN(c3c(F)cccc3C#N)C2)ncn1. The number of benzene rings is 1. The maximum absolute atomic E-state index is 14.2. The summed E-state index contributed by atoms with van der Waals surface area (Å²) in [6.07, 6.45) is 2.44. The number of nitriles is 1. The van der Waals surface area contributed by atoms with Gasteiger partial charge in [-0.25, -0.2) is 14.4 Å². The van der Waals surface area contributed by atoms with Gasteiger partial charge in [0, 0.05) is 37.9 Å². The van der Waals surface area contributed by atoms with Gasteiger partial charge < -0.3 is 9.80 Å². The largest absolute Gasteiger partial charge is 0.366 e. The van der Waals surface area contributed by atoms with E-state index >= 15 is 0 Å². The van der Waals surface area contributed by atoms with E-state index in [9.17, 15) is 9.65 Å². The van der Waals surface area contributed by atoms with Crippen LogP contribution < -0.4 is 9.80 Å². The molecule has 3 rings (SSSR count). The van der Waals surface area contributed by atoms with Crippen molar-refractivity contribution in [3.63, 3.8) is 0 Å². The van der Waals surface area contributed by atoms with Gasteiger partial charge in [0.15, 0.2) is 0 Å². The Labute approximate surface area is 135 Å². The van der Waals surface area contributed by atoms with Crippen LogP contribution in [0.3, 0.4) is 0 Å². The predicted molar refractivity (Wildman–Crippen MR) is 86.9 cm³/mol. The summed E-state index contributed by atoms with van der Waals surface area (Å²) in [7, 11) is 1.99. The molecule has 1 fully saturated rings. The molecule has 0 radical (unpaired) electrons. The number of hydrogen-bond acceptors (Lipinski definition) is 5. The average molecular weight is 311 g/mol. The number of para-hydroxylation sites is 1. The lowest BCUT2D eigenvalue weighted by atomic mass is 10.1. The van der Waals surface area contributed by atoms with Gasteiger partial charge in [-0.15, -0.1) is 0 Å². The van der Waals surface area contributed by atoms with Crippen molar-refractivity contribution in [1.82, 2.24) is 9.97 Å². The van der Waals surface area contributed by atoms with Crippen molar-refractivity contribution >= 4 is 11.5 Å². The third kappa shape index (κ3) is 2.95. The molecule has 0 amide bonds. The minimum Gasteiger partial charge on any atom is -0.366 e. The maximum atomic E-state index is 14.2. The summed E-state index contributed by atoms with van der Waals surface area (Å²) < 4.78 is 14.2. The van der Waals surface area contributed by atoms with Crippen molar-refractivity contribution in [3.8, 4) is 6.07 Å². The van der Waals surface area contributed by atoms with E-state index in [1.807, 2.05) is 24.9 Å². The van der Waals surface area contributed by atoms with Gasteiger partial charge in [0.1, 0.15) is 24.0 Å². The number of halogens is 1. The minimum atomic E-state index is -0.342. The van der Waals surface area contributed by atoms with Crippen LogP contribution in [0.2, 0.25) is 0 Å². The summed E-state index contributed by atoms with van der Waals surface area (Å²) in [6, 6.07) is 8.87. The highest BCUT2D eigenvalue weighted by atomic mass is 19.1. The van der Waals surface area contributed by atoms with Crippen LogP contribution >= 0.6 is 0 Å². The fourth-order valence-electron chi connectivity index (χ4n) is 3.01. The van der Waals surface area contributed by atoms with Crippen LogP contribution in [0.5, 0.6) is 0 Å². The lowest BCUT2D eigenvalue weighted by Crippen LogP contribution is -2.35. The molecular weight excluding hydrogens is 293 g/mol. The van der Waals surface area contributed by atoms with Crippen LogP contribution in [0.4, 0.5) is 15.9 Å². The number of aryl methyl sites for hydroxylation is 1. The summed E-state index contributed by atoms with van der Waals surface area (Å²) in [6.45, 7) is 3.31. The topological polar surface area (TPSA) is 56.0 Å². The third-order valence-electron chi connectivity index (χ3n) is 4.29. The Morgan fingerprint density at radius 1 is 1.39 bits per heavy atom. The van der Waals surface area contributed by atoms with Crippen molar-refractivity contribution < 1.29 is 4.39 Å².